The van der Waals surface area contributed by atoms with E-state index >= 15 is 0 Å². The molecule has 5 heteroatoms. The van der Waals surface area contributed by atoms with E-state index in [0.29, 0.717) is 11.5 Å². The summed E-state index contributed by atoms with van der Waals surface area (Å²) in [5.74, 6) is 0.353. The molecule has 1 heterocycles. The van der Waals surface area contributed by atoms with Gasteiger partial charge in [0.1, 0.15) is 0 Å². The number of nitrogens with one attached hydrogen (secondary N) is 1. The van der Waals surface area contributed by atoms with Crippen LogP contribution >= 0.6 is 0 Å². The fraction of sp³-hybridized carbons (Fsp3) is 0.190. The summed E-state index contributed by atoms with van der Waals surface area (Å²) in [5, 5.41) is 2.87. The summed E-state index contributed by atoms with van der Waals surface area (Å²) in [6.45, 7) is 6.82. The first-order valence-electron chi connectivity index (χ1n) is 8.61. The van der Waals surface area contributed by atoms with Crippen molar-refractivity contribution in [1.29, 1.82) is 0 Å². The Bertz CT molecular complexity index is 906. The number of carbonyl (C=O) groups is 1. The SMILES string of the molecule is CCN(c1cccc(C)c1)c1ncc(C(=O)Nc2cccc(C)c2)cn1. The molecular formula is C21H22N4O. The first kappa shape index (κ1) is 17.6. The van der Waals surface area contributed by atoms with Gasteiger partial charge in [0.25, 0.3) is 5.91 Å². The predicted molar refractivity (Wildman–Crippen MR) is 105 cm³/mol. The summed E-state index contributed by atoms with van der Waals surface area (Å²) < 4.78 is 0. The van der Waals surface area contributed by atoms with Crippen LogP contribution in [0.25, 0.3) is 0 Å². The highest BCUT2D eigenvalue weighted by molar-refractivity contribution is 6.03. The molecule has 3 aromatic rings. The van der Waals surface area contributed by atoms with Crippen molar-refractivity contribution < 1.29 is 4.79 Å². The summed E-state index contributed by atoms with van der Waals surface area (Å²) in [4.78, 5) is 23.2. The standard InChI is InChI=1S/C21H22N4O/c1-4-25(19-10-6-8-16(3)12-19)21-22-13-17(14-23-21)20(26)24-18-9-5-7-15(2)11-18/h5-14H,4H2,1-3H3,(H,24,26). The van der Waals surface area contributed by atoms with Gasteiger partial charge in [-0.3, -0.25) is 4.79 Å². The summed E-state index contributed by atoms with van der Waals surface area (Å²) in [6.07, 6.45) is 3.12. The molecule has 0 bridgehead atoms. The van der Waals surface area contributed by atoms with E-state index in [9.17, 15) is 4.79 Å². The van der Waals surface area contributed by atoms with Gasteiger partial charge in [-0.05, 0) is 56.2 Å². The largest absolute Gasteiger partial charge is 0.322 e. The molecule has 2 aromatic carbocycles. The second kappa shape index (κ2) is 7.78. The van der Waals surface area contributed by atoms with Crippen LogP contribution in [0.4, 0.5) is 17.3 Å². The van der Waals surface area contributed by atoms with Gasteiger partial charge in [-0.25, -0.2) is 9.97 Å². The minimum atomic E-state index is -0.222. The minimum absolute atomic E-state index is 0.222. The van der Waals surface area contributed by atoms with Gasteiger partial charge >= 0.3 is 0 Å². The molecular weight excluding hydrogens is 324 g/mol. The highest BCUT2D eigenvalue weighted by Gasteiger charge is 2.13. The smallest absolute Gasteiger partial charge is 0.258 e. The topological polar surface area (TPSA) is 58.1 Å². The fourth-order valence-corrected chi connectivity index (χ4v) is 2.74. The van der Waals surface area contributed by atoms with E-state index in [0.717, 1.165) is 23.5 Å². The van der Waals surface area contributed by atoms with E-state index in [1.165, 1.54) is 5.56 Å². The lowest BCUT2D eigenvalue weighted by molar-refractivity contribution is 0.102. The van der Waals surface area contributed by atoms with Crippen LogP contribution in [0.15, 0.2) is 60.9 Å². The number of carbonyl (C=O) groups excluding carboxylic acids is 1. The third-order valence-corrected chi connectivity index (χ3v) is 4.05. The summed E-state index contributed by atoms with van der Waals surface area (Å²) in [5.41, 5.74) is 4.48. The third kappa shape index (κ3) is 4.06. The molecule has 0 aliphatic rings. The average Bonchev–Trinajstić information content (AvgIpc) is 2.63. The van der Waals surface area contributed by atoms with Crippen molar-refractivity contribution in [2.75, 3.05) is 16.8 Å². The van der Waals surface area contributed by atoms with Gasteiger partial charge < -0.3 is 10.2 Å². The first-order valence-corrected chi connectivity index (χ1v) is 8.61. The first-order chi connectivity index (χ1) is 12.6. The second-order valence-electron chi connectivity index (χ2n) is 6.18. The predicted octanol–water partition coefficient (Wildman–Crippen LogP) is 4.50. The molecule has 5 nitrogen and oxygen atoms in total. The molecule has 26 heavy (non-hydrogen) atoms. The molecule has 1 amide bonds. The lowest BCUT2D eigenvalue weighted by Gasteiger charge is -2.21. The van der Waals surface area contributed by atoms with E-state index in [2.05, 4.69) is 34.3 Å². The summed E-state index contributed by atoms with van der Waals surface area (Å²) in [7, 11) is 0. The number of aryl methyl sites for hydroxylation is 2. The number of amides is 1. The van der Waals surface area contributed by atoms with E-state index < -0.39 is 0 Å². The lowest BCUT2D eigenvalue weighted by atomic mass is 10.2. The molecule has 0 aliphatic heterocycles. The van der Waals surface area contributed by atoms with Crippen LogP contribution < -0.4 is 10.2 Å². The number of hydrogen-bond acceptors (Lipinski definition) is 4. The maximum Gasteiger partial charge on any atom is 0.258 e. The van der Waals surface area contributed by atoms with E-state index in [1.807, 2.05) is 55.1 Å². The number of nitrogens with zero attached hydrogens (tertiary/aromatic N) is 3. The van der Waals surface area contributed by atoms with Crippen molar-refractivity contribution in [2.24, 2.45) is 0 Å². The van der Waals surface area contributed by atoms with Crippen molar-refractivity contribution in [2.45, 2.75) is 20.8 Å². The zero-order valence-electron chi connectivity index (χ0n) is 15.2. The molecule has 0 atom stereocenters. The molecule has 0 saturated carbocycles. The lowest BCUT2D eigenvalue weighted by Crippen LogP contribution is -2.20. The molecule has 1 aromatic heterocycles. The third-order valence-electron chi connectivity index (χ3n) is 4.05. The summed E-state index contributed by atoms with van der Waals surface area (Å²) >= 11 is 0. The number of benzene rings is 2. The Morgan fingerprint density at radius 1 is 1.00 bits per heavy atom. The Kier molecular flexibility index (Phi) is 5.27. The van der Waals surface area contributed by atoms with E-state index in [4.69, 9.17) is 0 Å². The number of rotatable bonds is 5. The highest BCUT2D eigenvalue weighted by Crippen LogP contribution is 2.22. The molecule has 0 spiro atoms. The number of anilines is 3. The van der Waals surface area contributed by atoms with Crippen molar-refractivity contribution >= 4 is 23.2 Å². The van der Waals surface area contributed by atoms with Gasteiger partial charge in [-0.15, -0.1) is 0 Å². The molecule has 0 aliphatic carbocycles. The Hall–Kier alpha value is -3.21. The van der Waals surface area contributed by atoms with Crippen molar-refractivity contribution in [3.05, 3.63) is 77.6 Å². The molecule has 0 fully saturated rings. The minimum Gasteiger partial charge on any atom is -0.322 e. The van der Waals surface area contributed by atoms with Crippen molar-refractivity contribution in [3.8, 4) is 0 Å². The molecule has 1 N–H and O–H groups in total. The van der Waals surface area contributed by atoms with Gasteiger partial charge in [-0.1, -0.05) is 24.3 Å². The maximum absolute atomic E-state index is 12.4. The normalized spacial score (nSPS) is 10.4. The van der Waals surface area contributed by atoms with Crippen LogP contribution in [0.2, 0.25) is 0 Å². The molecule has 3 rings (SSSR count). The molecule has 132 valence electrons. The fourth-order valence-electron chi connectivity index (χ4n) is 2.74. The Balaban J connectivity index is 1.77. The van der Waals surface area contributed by atoms with Gasteiger partial charge in [-0.2, -0.15) is 0 Å². The summed E-state index contributed by atoms with van der Waals surface area (Å²) in [6, 6.07) is 15.8. The Labute approximate surface area is 153 Å². The van der Waals surface area contributed by atoms with Crippen molar-refractivity contribution in [1.82, 2.24) is 9.97 Å². The van der Waals surface area contributed by atoms with Crippen molar-refractivity contribution in [3.63, 3.8) is 0 Å². The van der Waals surface area contributed by atoms with E-state index in [1.54, 1.807) is 12.4 Å². The molecule has 0 unspecified atom stereocenters. The maximum atomic E-state index is 12.4. The monoisotopic (exact) mass is 346 g/mol. The van der Waals surface area contributed by atoms with Crippen LogP contribution in [0.5, 0.6) is 0 Å². The Morgan fingerprint density at radius 3 is 2.27 bits per heavy atom. The Morgan fingerprint density at radius 2 is 1.65 bits per heavy atom. The van der Waals surface area contributed by atoms with Crippen LogP contribution in [0, 0.1) is 13.8 Å². The van der Waals surface area contributed by atoms with Crippen LogP contribution in [0.3, 0.4) is 0 Å². The van der Waals surface area contributed by atoms with Crippen LogP contribution in [-0.2, 0) is 0 Å². The number of hydrogen-bond donors (Lipinski definition) is 1. The number of aromatic nitrogens is 2. The average molecular weight is 346 g/mol. The van der Waals surface area contributed by atoms with E-state index in [-0.39, 0.29) is 5.91 Å². The zero-order chi connectivity index (χ0) is 18.5. The quantitative estimate of drug-likeness (QED) is 0.739. The highest BCUT2D eigenvalue weighted by atomic mass is 16.1. The van der Waals surface area contributed by atoms with Gasteiger partial charge in [0.2, 0.25) is 5.95 Å². The molecule has 0 saturated heterocycles. The second-order valence-corrected chi connectivity index (χ2v) is 6.18. The van der Waals surface area contributed by atoms with Gasteiger partial charge in [0.05, 0.1) is 5.56 Å². The van der Waals surface area contributed by atoms with Crippen LogP contribution in [0.1, 0.15) is 28.4 Å². The van der Waals surface area contributed by atoms with Crippen LogP contribution in [-0.4, -0.2) is 22.4 Å². The van der Waals surface area contributed by atoms with Gasteiger partial charge in [0.15, 0.2) is 0 Å². The zero-order valence-corrected chi connectivity index (χ0v) is 15.2. The molecule has 0 radical (unpaired) electrons. The van der Waals surface area contributed by atoms with Gasteiger partial charge in [0, 0.05) is 30.3 Å².